The summed E-state index contributed by atoms with van der Waals surface area (Å²) in [5.41, 5.74) is 0.711. The van der Waals surface area contributed by atoms with Gasteiger partial charge >= 0.3 is 11.8 Å². The predicted octanol–water partition coefficient (Wildman–Crippen LogP) is 1.27. The molecule has 1 N–H and O–H groups in total. The van der Waals surface area contributed by atoms with Crippen LogP contribution in [0.3, 0.4) is 0 Å². The lowest BCUT2D eigenvalue weighted by Crippen LogP contribution is -2.50. The zero-order valence-corrected chi connectivity index (χ0v) is 20.2. The Morgan fingerprint density at radius 3 is 2.62 bits per heavy atom. The van der Waals surface area contributed by atoms with Crippen molar-refractivity contribution in [2.75, 3.05) is 32.8 Å². The third kappa shape index (κ3) is 4.83. The van der Waals surface area contributed by atoms with Crippen LogP contribution < -0.4 is 11.1 Å². The van der Waals surface area contributed by atoms with Crippen molar-refractivity contribution in [1.82, 2.24) is 19.1 Å². The van der Waals surface area contributed by atoms with Crippen LogP contribution in [0.2, 0.25) is 0 Å². The molecule has 3 heterocycles. The third-order valence-corrected chi connectivity index (χ3v) is 8.38. The van der Waals surface area contributed by atoms with Gasteiger partial charge in [0.15, 0.2) is 5.58 Å². The number of carbonyl (C=O) groups excluding carboxylic acids is 2. The molecule has 2 aliphatic heterocycles. The molecular formula is C22H30N4O7S. The number of ether oxygens (including phenoxy) is 1. The van der Waals surface area contributed by atoms with Gasteiger partial charge in [0.25, 0.3) is 0 Å². The van der Waals surface area contributed by atoms with Crippen LogP contribution in [0.1, 0.15) is 32.6 Å². The number of hydrogen-bond acceptors (Lipinski definition) is 7. The maximum Gasteiger partial charge on any atom is 0.419 e. The lowest BCUT2D eigenvalue weighted by molar-refractivity contribution is -0.127. The Morgan fingerprint density at radius 1 is 1.18 bits per heavy atom. The first-order chi connectivity index (χ1) is 16.2. The Morgan fingerprint density at radius 2 is 1.91 bits per heavy atom. The number of likely N-dealkylation sites (tertiary alicyclic amines) is 1. The van der Waals surface area contributed by atoms with Gasteiger partial charge in [-0.05, 0) is 44.7 Å². The summed E-state index contributed by atoms with van der Waals surface area (Å²) in [5.74, 6) is -1.18. The van der Waals surface area contributed by atoms with E-state index in [4.69, 9.17) is 9.15 Å². The fourth-order valence-electron chi connectivity index (χ4n) is 4.54. The molecule has 11 nitrogen and oxygen atoms in total. The smallest absolute Gasteiger partial charge is 0.419 e. The van der Waals surface area contributed by atoms with Crippen molar-refractivity contribution in [3.05, 3.63) is 28.7 Å². The highest BCUT2D eigenvalue weighted by Gasteiger charge is 2.35. The second-order valence-corrected chi connectivity index (χ2v) is 10.7. The van der Waals surface area contributed by atoms with Gasteiger partial charge in [0.1, 0.15) is 0 Å². The van der Waals surface area contributed by atoms with Gasteiger partial charge in [0.2, 0.25) is 15.9 Å². The summed E-state index contributed by atoms with van der Waals surface area (Å²) in [6, 6.07) is 4.29. The Hall–Kier alpha value is -2.86. The zero-order valence-electron chi connectivity index (χ0n) is 19.4. The molecule has 0 bridgehead atoms. The molecule has 1 aromatic heterocycles. The molecule has 2 saturated heterocycles. The summed E-state index contributed by atoms with van der Waals surface area (Å²) in [4.78, 5) is 38.2. The second-order valence-electron chi connectivity index (χ2n) is 8.73. The van der Waals surface area contributed by atoms with Crippen molar-refractivity contribution in [3.63, 3.8) is 0 Å². The summed E-state index contributed by atoms with van der Waals surface area (Å²) >= 11 is 0. The van der Waals surface area contributed by atoms with Gasteiger partial charge in [-0.1, -0.05) is 0 Å². The van der Waals surface area contributed by atoms with E-state index >= 15 is 0 Å². The molecular weight excluding hydrogens is 464 g/mol. The number of nitrogens with zero attached hydrogens (tertiary/aromatic N) is 3. The van der Waals surface area contributed by atoms with E-state index < -0.39 is 21.7 Å². The number of hydrogen-bond donors (Lipinski definition) is 1. The number of sulfonamides is 1. The van der Waals surface area contributed by atoms with Crippen molar-refractivity contribution in [3.8, 4) is 0 Å². The minimum absolute atomic E-state index is 0.0294. The number of aryl methyl sites for hydroxylation is 1. The van der Waals surface area contributed by atoms with E-state index in [2.05, 4.69) is 5.32 Å². The Labute approximate surface area is 197 Å². The van der Waals surface area contributed by atoms with Crippen LogP contribution in [0.15, 0.2) is 32.3 Å². The molecule has 186 valence electrons. The Kier molecular flexibility index (Phi) is 6.99. The quantitative estimate of drug-likeness (QED) is 0.662. The van der Waals surface area contributed by atoms with Crippen molar-refractivity contribution < 1.29 is 27.2 Å². The van der Waals surface area contributed by atoms with Gasteiger partial charge in [0, 0.05) is 45.3 Å². The Bertz CT molecular complexity index is 1230. The molecule has 2 amide bonds. The monoisotopic (exact) mass is 494 g/mol. The average Bonchev–Trinajstić information content (AvgIpc) is 3.12. The van der Waals surface area contributed by atoms with E-state index in [0.717, 1.165) is 0 Å². The molecule has 12 heteroatoms. The number of amides is 2. The van der Waals surface area contributed by atoms with Crippen molar-refractivity contribution in [2.45, 2.75) is 43.5 Å². The molecule has 2 aliphatic rings. The molecule has 0 aliphatic carbocycles. The normalized spacial score (nSPS) is 20.4. The molecule has 4 rings (SSSR count). The van der Waals surface area contributed by atoms with E-state index in [0.29, 0.717) is 57.4 Å². The number of aromatic nitrogens is 1. The number of benzene rings is 1. The van der Waals surface area contributed by atoms with Crippen LogP contribution in [-0.2, 0) is 26.6 Å². The number of piperidine rings is 2. The first kappa shape index (κ1) is 24.3. The minimum Gasteiger partial charge on any atom is -0.450 e. The van der Waals surface area contributed by atoms with E-state index in [1.807, 2.05) is 0 Å². The molecule has 2 aromatic rings. The number of rotatable bonds is 5. The largest absolute Gasteiger partial charge is 0.450 e. The first-order valence-corrected chi connectivity index (χ1v) is 13.0. The number of oxazole rings is 1. The summed E-state index contributed by atoms with van der Waals surface area (Å²) in [7, 11) is -2.30. The maximum atomic E-state index is 13.3. The van der Waals surface area contributed by atoms with E-state index in [-0.39, 0.29) is 35.1 Å². The fourth-order valence-corrected chi connectivity index (χ4v) is 6.08. The summed E-state index contributed by atoms with van der Waals surface area (Å²) < 4.78 is 39.3. The number of carbonyl (C=O) groups is 2. The lowest BCUT2D eigenvalue weighted by atomic mass is 9.97. The molecule has 0 radical (unpaired) electrons. The fraction of sp³-hybridized carbons (Fsp3) is 0.591. The summed E-state index contributed by atoms with van der Waals surface area (Å²) in [5, 5.41) is 3.03. The first-order valence-electron chi connectivity index (χ1n) is 11.5. The standard InChI is InChI=1S/C22H30N4O7S/c1-3-32-22(29)25-11-8-16(9-12-25)23-20(27)15-5-4-10-26(14-15)34(30,31)17-6-7-18-19(13-17)33-21(28)24(18)2/h6-7,13,15-16H,3-5,8-12,14H2,1-2H3,(H,23,27)/t15-/m1/s1. The van der Waals surface area contributed by atoms with Gasteiger partial charge in [-0.2, -0.15) is 4.31 Å². The molecule has 0 unspecified atom stereocenters. The average molecular weight is 495 g/mol. The van der Waals surface area contributed by atoms with Crippen molar-refractivity contribution >= 4 is 33.1 Å². The predicted molar refractivity (Wildman–Crippen MR) is 123 cm³/mol. The number of fused-ring (bicyclic) bond motifs is 1. The Balaban J connectivity index is 1.38. The van der Waals surface area contributed by atoms with Crippen LogP contribution in [0.4, 0.5) is 4.79 Å². The number of nitrogens with one attached hydrogen (secondary N) is 1. The lowest BCUT2D eigenvalue weighted by Gasteiger charge is -2.34. The highest BCUT2D eigenvalue weighted by Crippen LogP contribution is 2.26. The summed E-state index contributed by atoms with van der Waals surface area (Å²) in [6.45, 7) is 3.51. The molecule has 0 spiro atoms. The van der Waals surface area contributed by atoms with E-state index in [1.54, 1.807) is 24.9 Å². The van der Waals surface area contributed by atoms with Crippen LogP contribution in [0.25, 0.3) is 11.1 Å². The van der Waals surface area contributed by atoms with E-state index in [9.17, 15) is 22.8 Å². The molecule has 34 heavy (non-hydrogen) atoms. The molecule has 1 aromatic carbocycles. The topological polar surface area (TPSA) is 131 Å². The second kappa shape index (κ2) is 9.79. The molecule has 0 saturated carbocycles. The van der Waals surface area contributed by atoms with Gasteiger partial charge < -0.3 is 19.4 Å². The summed E-state index contributed by atoms with van der Waals surface area (Å²) in [6.07, 6.45) is 2.09. The van der Waals surface area contributed by atoms with E-state index in [1.165, 1.54) is 21.0 Å². The highest BCUT2D eigenvalue weighted by molar-refractivity contribution is 7.89. The minimum atomic E-state index is -3.85. The van der Waals surface area contributed by atoms with Crippen LogP contribution >= 0.6 is 0 Å². The van der Waals surface area contributed by atoms with Gasteiger partial charge in [0.05, 0.1) is 22.9 Å². The van der Waals surface area contributed by atoms with Gasteiger partial charge in [-0.25, -0.2) is 18.0 Å². The van der Waals surface area contributed by atoms with Crippen molar-refractivity contribution in [1.29, 1.82) is 0 Å². The zero-order chi connectivity index (χ0) is 24.5. The molecule has 1 atom stereocenters. The third-order valence-electron chi connectivity index (χ3n) is 6.52. The van der Waals surface area contributed by atoms with Crippen molar-refractivity contribution in [2.24, 2.45) is 13.0 Å². The van der Waals surface area contributed by atoms with Crippen LogP contribution in [0.5, 0.6) is 0 Å². The van der Waals surface area contributed by atoms with Crippen LogP contribution in [0, 0.1) is 5.92 Å². The van der Waals surface area contributed by atoms with Gasteiger partial charge in [-0.15, -0.1) is 0 Å². The molecule has 2 fully saturated rings. The maximum absolute atomic E-state index is 13.3. The van der Waals surface area contributed by atoms with Gasteiger partial charge in [-0.3, -0.25) is 9.36 Å². The SMILES string of the molecule is CCOC(=O)N1CCC(NC(=O)[C@@H]2CCCN(S(=O)(=O)c3ccc4c(c3)oc(=O)n4C)C2)CC1. The highest BCUT2D eigenvalue weighted by atomic mass is 32.2. The van der Waals surface area contributed by atoms with Crippen LogP contribution in [-0.4, -0.2) is 73.0 Å².